The maximum atomic E-state index is 13.6. The largest absolute Gasteiger partial charge is 0.493 e. The maximum Gasteiger partial charge on any atom is 0.414 e. The fourth-order valence-corrected chi connectivity index (χ4v) is 6.01. The molecule has 1 aromatic rings. The van der Waals surface area contributed by atoms with Crippen molar-refractivity contribution >= 4 is 23.5 Å². The summed E-state index contributed by atoms with van der Waals surface area (Å²) in [6.45, 7) is 3.29. The number of piperidine rings is 1. The van der Waals surface area contributed by atoms with E-state index in [9.17, 15) is 14.7 Å². The lowest BCUT2D eigenvalue weighted by Gasteiger charge is -2.41. The molecule has 0 bridgehead atoms. The molecule has 33 heavy (non-hydrogen) atoms. The van der Waals surface area contributed by atoms with E-state index < -0.39 is 0 Å². The summed E-state index contributed by atoms with van der Waals surface area (Å²) in [6, 6.07) is 2.10. The minimum atomic E-state index is -0.379. The quantitative estimate of drug-likeness (QED) is 0.741. The SMILES string of the molecule is COc1cc(N2CCCOC2=O)cnc1N1CCC[C@@]2(CCN(C3CCC(O)CC3)C2=O)C1. The lowest BCUT2D eigenvalue weighted by Crippen LogP contribution is -2.50. The fourth-order valence-electron chi connectivity index (χ4n) is 6.01. The van der Waals surface area contributed by atoms with Gasteiger partial charge in [-0.15, -0.1) is 0 Å². The maximum absolute atomic E-state index is 13.6. The van der Waals surface area contributed by atoms with E-state index in [0.29, 0.717) is 31.1 Å². The normalized spacial score (nSPS) is 30.7. The second-order valence-corrected chi connectivity index (χ2v) is 9.86. The van der Waals surface area contributed by atoms with Crippen molar-refractivity contribution < 1.29 is 24.2 Å². The number of aromatic nitrogens is 1. The van der Waals surface area contributed by atoms with Crippen LogP contribution in [0.15, 0.2) is 12.3 Å². The molecule has 3 saturated heterocycles. The summed E-state index contributed by atoms with van der Waals surface area (Å²) in [5.41, 5.74) is 0.283. The van der Waals surface area contributed by atoms with Crippen molar-refractivity contribution in [2.24, 2.45) is 5.41 Å². The van der Waals surface area contributed by atoms with Gasteiger partial charge in [-0.3, -0.25) is 9.69 Å². The molecule has 1 spiro atoms. The Morgan fingerprint density at radius 3 is 2.70 bits per heavy atom. The molecule has 0 radical (unpaired) electrons. The Morgan fingerprint density at radius 1 is 1.12 bits per heavy atom. The monoisotopic (exact) mass is 458 g/mol. The number of methoxy groups -OCH3 is 1. The summed E-state index contributed by atoms with van der Waals surface area (Å²) in [5.74, 6) is 1.59. The van der Waals surface area contributed by atoms with Gasteiger partial charge in [-0.2, -0.15) is 0 Å². The van der Waals surface area contributed by atoms with Crippen molar-refractivity contribution in [3.63, 3.8) is 0 Å². The molecule has 9 nitrogen and oxygen atoms in total. The highest BCUT2D eigenvalue weighted by Crippen LogP contribution is 2.44. The zero-order valence-electron chi connectivity index (χ0n) is 19.4. The molecule has 9 heteroatoms. The van der Waals surface area contributed by atoms with E-state index in [4.69, 9.17) is 9.47 Å². The van der Waals surface area contributed by atoms with Crippen molar-refractivity contribution in [2.75, 3.05) is 49.7 Å². The highest BCUT2D eigenvalue weighted by Gasteiger charge is 2.51. The summed E-state index contributed by atoms with van der Waals surface area (Å²) in [5, 5.41) is 9.85. The molecule has 4 heterocycles. The van der Waals surface area contributed by atoms with E-state index in [0.717, 1.165) is 70.3 Å². The zero-order valence-corrected chi connectivity index (χ0v) is 19.4. The number of amides is 2. The van der Waals surface area contributed by atoms with Crippen molar-refractivity contribution in [3.05, 3.63) is 12.3 Å². The van der Waals surface area contributed by atoms with Crippen LogP contribution in [0.1, 0.15) is 51.4 Å². The van der Waals surface area contributed by atoms with Gasteiger partial charge in [0, 0.05) is 38.3 Å². The van der Waals surface area contributed by atoms with E-state index in [2.05, 4.69) is 14.8 Å². The zero-order chi connectivity index (χ0) is 23.0. The van der Waals surface area contributed by atoms with Crippen LogP contribution in [-0.4, -0.2) is 79.0 Å². The van der Waals surface area contributed by atoms with Gasteiger partial charge < -0.3 is 24.4 Å². The first-order valence-corrected chi connectivity index (χ1v) is 12.2. The molecule has 1 saturated carbocycles. The Bertz CT molecular complexity index is 903. The van der Waals surface area contributed by atoms with Crippen LogP contribution in [0.3, 0.4) is 0 Å². The van der Waals surface area contributed by atoms with E-state index in [1.54, 1.807) is 18.2 Å². The lowest BCUT2D eigenvalue weighted by atomic mass is 9.78. The lowest BCUT2D eigenvalue weighted by molar-refractivity contribution is -0.139. The van der Waals surface area contributed by atoms with Crippen LogP contribution in [0, 0.1) is 5.41 Å². The number of hydrogen-bond acceptors (Lipinski definition) is 7. The fraction of sp³-hybridized carbons (Fsp3) is 0.708. The Hall–Kier alpha value is -2.55. The minimum absolute atomic E-state index is 0.216. The van der Waals surface area contributed by atoms with Gasteiger partial charge in [0.2, 0.25) is 5.91 Å². The first-order chi connectivity index (χ1) is 16.0. The molecule has 4 aliphatic rings. The number of rotatable bonds is 4. The standard InChI is InChI=1S/C24H34N4O5/c1-32-20-14-18(28-11-3-13-33-23(28)31)15-25-21(20)26-10-2-8-24(16-26)9-12-27(22(24)30)17-4-6-19(29)7-5-17/h14-15,17,19,29H,2-13,16H2,1H3/t17?,19?,24-/m1/s1. The van der Waals surface area contributed by atoms with E-state index >= 15 is 0 Å². The van der Waals surface area contributed by atoms with E-state index in [1.165, 1.54) is 0 Å². The Morgan fingerprint density at radius 2 is 1.94 bits per heavy atom. The number of carbonyl (C=O) groups excluding carboxylic acids is 2. The van der Waals surface area contributed by atoms with E-state index in [1.807, 2.05) is 6.07 Å². The Kier molecular flexibility index (Phi) is 6.07. The molecule has 1 N–H and O–H groups in total. The molecule has 1 aliphatic carbocycles. The number of cyclic esters (lactones) is 1. The minimum Gasteiger partial charge on any atom is -0.493 e. The second-order valence-electron chi connectivity index (χ2n) is 9.86. The third-order valence-electron chi connectivity index (χ3n) is 7.85. The summed E-state index contributed by atoms with van der Waals surface area (Å²) in [4.78, 5) is 36.3. The van der Waals surface area contributed by atoms with Gasteiger partial charge in [0.05, 0.1) is 37.1 Å². The van der Waals surface area contributed by atoms with Crippen LogP contribution in [0.2, 0.25) is 0 Å². The van der Waals surface area contributed by atoms with Gasteiger partial charge in [-0.05, 0) is 51.4 Å². The topological polar surface area (TPSA) is 95.4 Å². The Balaban J connectivity index is 1.33. The number of pyridine rings is 1. The number of likely N-dealkylation sites (tertiary alicyclic amines) is 1. The van der Waals surface area contributed by atoms with Gasteiger partial charge in [0.25, 0.3) is 0 Å². The van der Waals surface area contributed by atoms with Gasteiger partial charge >= 0.3 is 6.09 Å². The highest BCUT2D eigenvalue weighted by atomic mass is 16.6. The number of aliphatic hydroxyl groups excluding tert-OH is 1. The van der Waals surface area contributed by atoms with Crippen LogP contribution in [0.4, 0.5) is 16.3 Å². The molecule has 4 fully saturated rings. The molecule has 3 aliphatic heterocycles. The molecule has 0 unspecified atom stereocenters. The first kappa shape index (κ1) is 22.3. The number of aliphatic hydroxyl groups is 1. The second kappa shape index (κ2) is 9.00. The van der Waals surface area contributed by atoms with Crippen molar-refractivity contribution in [2.45, 2.75) is 63.5 Å². The number of hydrogen-bond donors (Lipinski definition) is 1. The molecule has 1 aromatic heterocycles. The average molecular weight is 459 g/mol. The molecule has 0 aromatic carbocycles. The summed E-state index contributed by atoms with van der Waals surface area (Å²) >= 11 is 0. The van der Waals surface area contributed by atoms with E-state index in [-0.39, 0.29) is 29.6 Å². The average Bonchev–Trinajstić information content (AvgIpc) is 3.14. The molecular formula is C24H34N4O5. The highest BCUT2D eigenvalue weighted by molar-refractivity contribution is 5.89. The Labute approximate surface area is 194 Å². The molecule has 5 rings (SSSR count). The van der Waals surface area contributed by atoms with Crippen molar-refractivity contribution in [1.29, 1.82) is 0 Å². The predicted octanol–water partition coefficient (Wildman–Crippen LogP) is 2.56. The van der Waals surface area contributed by atoms with Crippen LogP contribution in [-0.2, 0) is 9.53 Å². The van der Waals surface area contributed by atoms with Crippen LogP contribution >= 0.6 is 0 Å². The third kappa shape index (κ3) is 4.11. The predicted molar refractivity (Wildman–Crippen MR) is 123 cm³/mol. The van der Waals surface area contributed by atoms with Gasteiger partial charge in [0.15, 0.2) is 11.6 Å². The number of nitrogens with zero attached hydrogens (tertiary/aromatic N) is 4. The summed E-state index contributed by atoms with van der Waals surface area (Å²) in [6.07, 6.45) is 7.93. The summed E-state index contributed by atoms with van der Waals surface area (Å²) in [7, 11) is 1.61. The molecule has 1 atom stereocenters. The van der Waals surface area contributed by atoms with Gasteiger partial charge in [-0.1, -0.05) is 0 Å². The van der Waals surface area contributed by atoms with Gasteiger partial charge in [0.1, 0.15) is 0 Å². The van der Waals surface area contributed by atoms with Crippen LogP contribution in [0.25, 0.3) is 0 Å². The number of carbonyl (C=O) groups is 2. The first-order valence-electron chi connectivity index (χ1n) is 12.2. The summed E-state index contributed by atoms with van der Waals surface area (Å²) < 4.78 is 10.8. The number of anilines is 2. The van der Waals surface area contributed by atoms with Crippen LogP contribution < -0.4 is 14.5 Å². The third-order valence-corrected chi connectivity index (χ3v) is 7.85. The van der Waals surface area contributed by atoms with Gasteiger partial charge in [-0.25, -0.2) is 9.78 Å². The van der Waals surface area contributed by atoms with Crippen molar-refractivity contribution in [1.82, 2.24) is 9.88 Å². The molecular weight excluding hydrogens is 424 g/mol. The molecule has 180 valence electrons. The number of ether oxygens (including phenoxy) is 2. The smallest absolute Gasteiger partial charge is 0.414 e. The van der Waals surface area contributed by atoms with Crippen LogP contribution in [0.5, 0.6) is 5.75 Å². The van der Waals surface area contributed by atoms with Crippen molar-refractivity contribution in [3.8, 4) is 5.75 Å². The molecule has 2 amide bonds.